The summed E-state index contributed by atoms with van der Waals surface area (Å²) >= 11 is 12.4. The Hall–Kier alpha value is -2.30. The fourth-order valence-electron chi connectivity index (χ4n) is 6.44. The molecule has 2 saturated heterocycles. The monoisotopic (exact) mass is 716 g/mol. The molecule has 2 aliphatic heterocycles. The van der Waals surface area contributed by atoms with E-state index in [1.54, 1.807) is 0 Å². The number of halogens is 2. The lowest BCUT2D eigenvalue weighted by Gasteiger charge is -2.37. The summed E-state index contributed by atoms with van der Waals surface area (Å²) < 4.78 is 24.2. The van der Waals surface area contributed by atoms with Crippen LogP contribution in [0.25, 0.3) is 0 Å². The van der Waals surface area contributed by atoms with E-state index in [4.69, 9.17) is 42.0 Å². The minimum atomic E-state index is -1.02. The minimum Gasteiger partial charge on any atom is -0.461 e. The first-order chi connectivity index (χ1) is 23.0. The molecule has 8 nitrogen and oxygen atoms in total. The lowest BCUT2D eigenvalue weighted by molar-refractivity contribution is -0.174. The standard InChI is InChI=1S/C38H55BCl2N2O6/c1-35(2,3)47-34(45)38(27-33(44)46-28-29-14-9-8-10-15-29,18-11-12-20-39-48-36(4,5)37(6,7)49-39)19-13-21-42-22-24-43(25-23-42)30-16-17-31(40)32(41)26-30/h8-10,14-17,26H,11-13,18-25,27-28H2,1-7H3. The third-order valence-electron chi connectivity index (χ3n) is 9.97. The summed E-state index contributed by atoms with van der Waals surface area (Å²) in [6.45, 7) is 18.3. The van der Waals surface area contributed by atoms with Crippen molar-refractivity contribution in [2.45, 2.75) is 117 Å². The van der Waals surface area contributed by atoms with E-state index in [0.717, 1.165) is 63.2 Å². The van der Waals surface area contributed by atoms with Crippen LogP contribution in [0.2, 0.25) is 16.4 Å². The molecular formula is C38H55BCl2N2O6. The maximum Gasteiger partial charge on any atom is 0.457 e. The van der Waals surface area contributed by atoms with Crippen LogP contribution >= 0.6 is 23.2 Å². The number of esters is 2. The molecule has 270 valence electrons. The molecule has 0 bridgehead atoms. The number of anilines is 1. The topological polar surface area (TPSA) is 77.5 Å². The molecular weight excluding hydrogens is 662 g/mol. The van der Waals surface area contributed by atoms with Crippen molar-refractivity contribution in [3.8, 4) is 0 Å². The highest BCUT2D eigenvalue weighted by atomic mass is 35.5. The van der Waals surface area contributed by atoms with Gasteiger partial charge in [-0.05, 0) is 104 Å². The van der Waals surface area contributed by atoms with E-state index >= 15 is 0 Å². The maximum absolute atomic E-state index is 14.1. The van der Waals surface area contributed by atoms with Gasteiger partial charge in [0.1, 0.15) is 12.2 Å². The zero-order valence-electron chi connectivity index (χ0n) is 30.5. The molecule has 2 aliphatic rings. The molecule has 0 spiro atoms. The van der Waals surface area contributed by atoms with Gasteiger partial charge in [-0.2, -0.15) is 0 Å². The van der Waals surface area contributed by atoms with Crippen LogP contribution in [-0.2, 0) is 35.0 Å². The lowest BCUT2D eigenvalue weighted by Crippen LogP contribution is -2.47. The highest BCUT2D eigenvalue weighted by molar-refractivity contribution is 6.45. The molecule has 2 heterocycles. The number of unbranched alkanes of at least 4 members (excludes halogenated alkanes) is 1. The Balaban J connectivity index is 1.42. The zero-order chi connectivity index (χ0) is 35.9. The molecule has 0 aromatic heterocycles. The SMILES string of the molecule is CC(C)(C)OC(=O)C(CCCCB1OC(C)(C)C(C)(C)O1)(CCCN1CCN(c2ccc(Cl)c(Cl)c2)CC1)CC(=O)OCc1ccccc1. The molecule has 0 aliphatic carbocycles. The summed E-state index contributed by atoms with van der Waals surface area (Å²) in [4.78, 5) is 32.3. The van der Waals surface area contributed by atoms with E-state index in [9.17, 15) is 9.59 Å². The molecule has 0 N–H and O–H groups in total. The molecule has 1 unspecified atom stereocenters. The van der Waals surface area contributed by atoms with Crippen molar-refractivity contribution in [1.82, 2.24) is 4.90 Å². The van der Waals surface area contributed by atoms with Crippen LogP contribution in [-0.4, -0.2) is 73.5 Å². The second kappa shape index (κ2) is 16.8. The molecule has 4 rings (SSSR count). The van der Waals surface area contributed by atoms with Gasteiger partial charge in [0.2, 0.25) is 0 Å². The summed E-state index contributed by atoms with van der Waals surface area (Å²) in [6.07, 6.45) is 3.96. The highest BCUT2D eigenvalue weighted by Crippen LogP contribution is 2.41. The van der Waals surface area contributed by atoms with Gasteiger partial charge < -0.3 is 23.7 Å². The van der Waals surface area contributed by atoms with Crippen LogP contribution in [0.1, 0.15) is 92.6 Å². The molecule has 2 aromatic carbocycles. The number of nitrogens with zero attached hydrogens (tertiary/aromatic N) is 2. The largest absolute Gasteiger partial charge is 0.461 e. The summed E-state index contributed by atoms with van der Waals surface area (Å²) in [5, 5.41) is 1.10. The Labute approximate surface area is 304 Å². The number of ether oxygens (including phenoxy) is 2. The van der Waals surface area contributed by atoms with Gasteiger partial charge in [0, 0.05) is 31.9 Å². The van der Waals surface area contributed by atoms with Crippen molar-refractivity contribution in [2.75, 3.05) is 37.6 Å². The Morgan fingerprint density at radius 3 is 2.10 bits per heavy atom. The molecule has 11 heteroatoms. The third kappa shape index (κ3) is 11.3. The minimum absolute atomic E-state index is 0.0314. The van der Waals surface area contributed by atoms with Gasteiger partial charge >= 0.3 is 19.1 Å². The molecule has 49 heavy (non-hydrogen) atoms. The number of carbonyl (C=O) groups is 2. The third-order valence-corrected chi connectivity index (χ3v) is 10.7. The van der Waals surface area contributed by atoms with E-state index < -0.39 is 28.2 Å². The van der Waals surface area contributed by atoms with Crippen molar-refractivity contribution in [3.63, 3.8) is 0 Å². The van der Waals surface area contributed by atoms with Gasteiger partial charge in [-0.1, -0.05) is 66.4 Å². The Bertz CT molecular complexity index is 1380. The number of hydrogen-bond acceptors (Lipinski definition) is 8. The fraction of sp³-hybridized carbons (Fsp3) is 0.632. The summed E-state index contributed by atoms with van der Waals surface area (Å²) in [5.74, 6) is -0.729. The number of hydrogen-bond donors (Lipinski definition) is 0. The van der Waals surface area contributed by atoms with Gasteiger partial charge in [0.25, 0.3) is 0 Å². The van der Waals surface area contributed by atoms with E-state index in [0.29, 0.717) is 29.2 Å². The van der Waals surface area contributed by atoms with Crippen LogP contribution in [0.4, 0.5) is 5.69 Å². The molecule has 1 atom stereocenters. The van der Waals surface area contributed by atoms with E-state index in [1.165, 1.54) is 0 Å². The lowest BCUT2D eigenvalue weighted by atomic mass is 9.74. The number of rotatable bonds is 15. The Morgan fingerprint density at radius 2 is 1.49 bits per heavy atom. The summed E-state index contributed by atoms with van der Waals surface area (Å²) in [7, 11) is -0.306. The first-order valence-corrected chi connectivity index (χ1v) is 18.5. The Morgan fingerprint density at radius 1 is 0.857 bits per heavy atom. The van der Waals surface area contributed by atoms with Gasteiger partial charge in [0.15, 0.2) is 0 Å². The van der Waals surface area contributed by atoms with Crippen molar-refractivity contribution >= 4 is 47.9 Å². The zero-order valence-corrected chi connectivity index (χ0v) is 32.0. The van der Waals surface area contributed by atoms with E-state index in [-0.39, 0.29) is 26.1 Å². The van der Waals surface area contributed by atoms with E-state index in [2.05, 4.69) is 37.5 Å². The van der Waals surface area contributed by atoms with Crippen molar-refractivity contribution in [2.24, 2.45) is 5.41 Å². The predicted octanol–water partition coefficient (Wildman–Crippen LogP) is 8.62. The predicted molar refractivity (Wildman–Crippen MR) is 198 cm³/mol. The quantitative estimate of drug-likeness (QED) is 0.103. The Kier molecular flexibility index (Phi) is 13.6. The van der Waals surface area contributed by atoms with Crippen LogP contribution in [0, 0.1) is 5.41 Å². The van der Waals surface area contributed by atoms with E-state index in [1.807, 2.05) is 69.3 Å². The number of piperazine rings is 1. The maximum atomic E-state index is 14.1. The van der Waals surface area contributed by atoms with Crippen LogP contribution in [0.15, 0.2) is 48.5 Å². The van der Waals surface area contributed by atoms with Crippen LogP contribution < -0.4 is 4.90 Å². The van der Waals surface area contributed by atoms with Gasteiger partial charge in [-0.25, -0.2) is 0 Å². The molecule has 0 radical (unpaired) electrons. The highest BCUT2D eigenvalue weighted by Gasteiger charge is 2.50. The molecule has 0 amide bonds. The smallest absolute Gasteiger partial charge is 0.457 e. The summed E-state index contributed by atoms with van der Waals surface area (Å²) in [6, 6.07) is 15.4. The first kappa shape index (κ1) is 39.5. The number of benzene rings is 2. The molecule has 2 aromatic rings. The average Bonchev–Trinajstić information content (AvgIpc) is 3.24. The van der Waals surface area contributed by atoms with Crippen molar-refractivity contribution in [3.05, 3.63) is 64.1 Å². The normalized spacial score (nSPS) is 19.0. The molecule has 2 fully saturated rings. The summed E-state index contributed by atoms with van der Waals surface area (Å²) in [5.41, 5.74) is -0.533. The van der Waals surface area contributed by atoms with Crippen LogP contribution in [0.3, 0.4) is 0 Å². The number of carbonyl (C=O) groups excluding carboxylic acids is 2. The fourth-order valence-corrected chi connectivity index (χ4v) is 6.73. The first-order valence-electron chi connectivity index (χ1n) is 17.7. The van der Waals surface area contributed by atoms with Gasteiger partial charge in [-0.15, -0.1) is 0 Å². The van der Waals surface area contributed by atoms with Gasteiger partial charge in [-0.3, -0.25) is 14.5 Å². The second-order valence-electron chi connectivity index (χ2n) is 15.6. The second-order valence-corrected chi connectivity index (χ2v) is 16.4. The molecule has 0 saturated carbocycles. The van der Waals surface area contributed by atoms with Crippen LogP contribution in [0.5, 0.6) is 0 Å². The van der Waals surface area contributed by atoms with Gasteiger partial charge in [0.05, 0.1) is 33.1 Å². The average molecular weight is 718 g/mol. The van der Waals surface area contributed by atoms with Crippen molar-refractivity contribution in [1.29, 1.82) is 0 Å². The van der Waals surface area contributed by atoms with Crippen molar-refractivity contribution < 1.29 is 28.4 Å².